The summed E-state index contributed by atoms with van der Waals surface area (Å²) >= 11 is 3.44. The van der Waals surface area contributed by atoms with Crippen LogP contribution in [0.3, 0.4) is 0 Å². The molecule has 21 heavy (non-hydrogen) atoms. The lowest BCUT2D eigenvalue weighted by molar-refractivity contribution is 0.194. The van der Waals surface area contributed by atoms with E-state index in [-0.39, 0.29) is 12.2 Å². The summed E-state index contributed by atoms with van der Waals surface area (Å²) < 4.78 is 25.4. The Labute approximate surface area is 131 Å². The number of benzene rings is 2. The van der Waals surface area contributed by atoms with Gasteiger partial charge in [0, 0.05) is 21.7 Å². The summed E-state index contributed by atoms with van der Waals surface area (Å²) in [7, 11) is 1.60. The number of aliphatic hydroxyl groups is 1. The van der Waals surface area contributed by atoms with Gasteiger partial charge in [0.05, 0.1) is 13.2 Å². The van der Waals surface area contributed by atoms with Gasteiger partial charge in [-0.3, -0.25) is 0 Å². The number of halogens is 2. The summed E-state index contributed by atoms with van der Waals surface area (Å²) in [6, 6.07) is 10.00. The van der Waals surface area contributed by atoms with Gasteiger partial charge in [0.15, 0.2) is 0 Å². The minimum Gasteiger partial charge on any atom is -0.497 e. The Hall–Kier alpha value is -1.59. The van der Waals surface area contributed by atoms with Gasteiger partial charge in [0.1, 0.15) is 23.9 Å². The van der Waals surface area contributed by atoms with Crippen molar-refractivity contribution in [1.29, 1.82) is 0 Å². The molecular weight excluding hydrogens is 339 g/mol. The molecule has 1 atom stereocenters. The van der Waals surface area contributed by atoms with Crippen LogP contribution in [0.1, 0.15) is 24.2 Å². The maximum atomic E-state index is 13.8. The number of aliphatic hydroxyl groups excluding tert-OH is 1. The summed E-state index contributed by atoms with van der Waals surface area (Å²) in [6.45, 7) is 1.80. The zero-order chi connectivity index (χ0) is 15.4. The molecule has 0 fully saturated rings. The van der Waals surface area contributed by atoms with E-state index in [0.717, 1.165) is 15.8 Å². The number of hydrogen-bond acceptors (Lipinski definition) is 3. The lowest BCUT2D eigenvalue weighted by atomic mass is 10.1. The monoisotopic (exact) mass is 354 g/mol. The van der Waals surface area contributed by atoms with E-state index in [4.69, 9.17) is 9.47 Å². The molecule has 0 saturated carbocycles. The molecule has 0 aliphatic carbocycles. The molecule has 0 amide bonds. The second kappa shape index (κ2) is 6.91. The second-order valence-electron chi connectivity index (χ2n) is 4.61. The SMILES string of the molecule is COc1ccc(Br)c(COc2ccc([C@H](C)O)c(F)c2)c1. The van der Waals surface area contributed by atoms with Crippen LogP contribution in [-0.2, 0) is 6.61 Å². The molecule has 0 unspecified atom stereocenters. The highest BCUT2D eigenvalue weighted by atomic mass is 79.9. The van der Waals surface area contributed by atoms with Crippen LogP contribution in [0.25, 0.3) is 0 Å². The highest BCUT2D eigenvalue weighted by molar-refractivity contribution is 9.10. The van der Waals surface area contributed by atoms with Gasteiger partial charge in [0.25, 0.3) is 0 Å². The van der Waals surface area contributed by atoms with E-state index in [9.17, 15) is 9.50 Å². The molecule has 2 rings (SSSR count). The third-order valence-electron chi connectivity index (χ3n) is 3.07. The molecule has 112 valence electrons. The van der Waals surface area contributed by atoms with Crippen LogP contribution >= 0.6 is 15.9 Å². The zero-order valence-corrected chi connectivity index (χ0v) is 13.4. The molecule has 0 saturated heterocycles. The predicted octanol–water partition coefficient (Wildman–Crippen LogP) is 4.23. The van der Waals surface area contributed by atoms with Crippen molar-refractivity contribution in [3.63, 3.8) is 0 Å². The first-order valence-electron chi connectivity index (χ1n) is 6.44. The largest absolute Gasteiger partial charge is 0.497 e. The highest BCUT2D eigenvalue weighted by Gasteiger charge is 2.10. The molecule has 0 bridgehead atoms. The van der Waals surface area contributed by atoms with Crippen LogP contribution < -0.4 is 9.47 Å². The standard InChI is InChI=1S/C16H16BrFO3/c1-10(19)14-5-3-13(8-16(14)18)21-9-11-7-12(20-2)4-6-15(11)17/h3-8,10,19H,9H2,1-2H3/t10-/m0/s1. The van der Waals surface area contributed by atoms with E-state index >= 15 is 0 Å². The Morgan fingerprint density at radius 2 is 1.90 bits per heavy atom. The van der Waals surface area contributed by atoms with Gasteiger partial charge in [-0.2, -0.15) is 0 Å². The first-order valence-corrected chi connectivity index (χ1v) is 7.23. The van der Waals surface area contributed by atoms with Crippen molar-refractivity contribution < 1.29 is 19.0 Å². The van der Waals surface area contributed by atoms with Crippen molar-refractivity contribution in [2.45, 2.75) is 19.6 Å². The Kier molecular flexibility index (Phi) is 5.20. The maximum absolute atomic E-state index is 13.8. The number of hydrogen-bond donors (Lipinski definition) is 1. The molecule has 0 aliphatic heterocycles. The van der Waals surface area contributed by atoms with Crippen molar-refractivity contribution in [3.05, 3.63) is 57.8 Å². The van der Waals surface area contributed by atoms with Gasteiger partial charge in [-0.15, -0.1) is 0 Å². The molecule has 2 aromatic rings. The van der Waals surface area contributed by atoms with E-state index in [1.54, 1.807) is 13.2 Å². The average molecular weight is 355 g/mol. The predicted molar refractivity (Wildman–Crippen MR) is 82.1 cm³/mol. The van der Waals surface area contributed by atoms with Crippen molar-refractivity contribution in [2.24, 2.45) is 0 Å². The Balaban J connectivity index is 2.11. The van der Waals surface area contributed by atoms with Gasteiger partial charge >= 0.3 is 0 Å². The molecule has 0 aromatic heterocycles. The summed E-state index contributed by atoms with van der Waals surface area (Å²) in [5, 5.41) is 9.40. The van der Waals surface area contributed by atoms with Crippen molar-refractivity contribution in [2.75, 3.05) is 7.11 Å². The third-order valence-corrected chi connectivity index (χ3v) is 3.84. The molecular formula is C16H16BrFO3. The first kappa shape index (κ1) is 15.8. The minimum atomic E-state index is -0.841. The fourth-order valence-electron chi connectivity index (χ4n) is 1.89. The quantitative estimate of drug-likeness (QED) is 0.873. The molecule has 3 nitrogen and oxygen atoms in total. The van der Waals surface area contributed by atoms with E-state index in [1.165, 1.54) is 19.1 Å². The van der Waals surface area contributed by atoms with Crippen LogP contribution in [0.4, 0.5) is 4.39 Å². The Morgan fingerprint density at radius 3 is 2.52 bits per heavy atom. The van der Waals surface area contributed by atoms with Gasteiger partial charge in [-0.1, -0.05) is 15.9 Å². The molecule has 5 heteroatoms. The average Bonchev–Trinajstić information content (AvgIpc) is 2.46. The van der Waals surface area contributed by atoms with Crippen LogP contribution in [-0.4, -0.2) is 12.2 Å². The summed E-state index contributed by atoms with van der Waals surface area (Å²) in [5.74, 6) is 0.659. The molecule has 0 radical (unpaired) electrons. The molecule has 0 heterocycles. The van der Waals surface area contributed by atoms with Gasteiger partial charge in [-0.05, 0) is 37.3 Å². The first-order chi connectivity index (χ1) is 10.0. The van der Waals surface area contributed by atoms with Crippen molar-refractivity contribution in [3.8, 4) is 11.5 Å². The second-order valence-corrected chi connectivity index (χ2v) is 5.46. The van der Waals surface area contributed by atoms with E-state index < -0.39 is 11.9 Å². The molecule has 2 aromatic carbocycles. The Bertz CT molecular complexity index is 629. The fraction of sp³-hybridized carbons (Fsp3) is 0.250. The molecule has 1 N–H and O–H groups in total. The summed E-state index contributed by atoms with van der Waals surface area (Å²) in [4.78, 5) is 0. The highest BCUT2D eigenvalue weighted by Crippen LogP contribution is 2.26. The lowest BCUT2D eigenvalue weighted by Crippen LogP contribution is -2.00. The number of methoxy groups -OCH3 is 1. The van der Waals surface area contributed by atoms with Crippen molar-refractivity contribution in [1.82, 2.24) is 0 Å². The number of rotatable bonds is 5. The van der Waals surface area contributed by atoms with E-state index in [2.05, 4.69) is 15.9 Å². The van der Waals surface area contributed by atoms with E-state index in [0.29, 0.717) is 5.75 Å². The van der Waals surface area contributed by atoms with Crippen LogP contribution in [0.2, 0.25) is 0 Å². The van der Waals surface area contributed by atoms with Gasteiger partial charge < -0.3 is 14.6 Å². The molecule has 0 spiro atoms. The lowest BCUT2D eigenvalue weighted by Gasteiger charge is -2.11. The van der Waals surface area contributed by atoms with E-state index in [1.807, 2.05) is 18.2 Å². The van der Waals surface area contributed by atoms with Crippen LogP contribution in [0.15, 0.2) is 40.9 Å². The maximum Gasteiger partial charge on any atom is 0.132 e. The smallest absolute Gasteiger partial charge is 0.132 e. The van der Waals surface area contributed by atoms with Gasteiger partial charge in [0.2, 0.25) is 0 Å². The molecule has 0 aliphatic rings. The van der Waals surface area contributed by atoms with Crippen LogP contribution in [0.5, 0.6) is 11.5 Å². The normalized spacial score (nSPS) is 12.0. The third kappa shape index (κ3) is 3.95. The zero-order valence-electron chi connectivity index (χ0n) is 11.8. The fourth-order valence-corrected chi connectivity index (χ4v) is 2.25. The van der Waals surface area contributed by atoms with Crippen LogP contribution in [0, 0.1) is 5.82 Å². The van der Waals surface area contributed by atoms with Crippen molar-refractivity contribution >= 4 is 15.9 Å². The number of ether oxygens (including phenoxy) is 2. The summed E-state index contributed by atoms with van der Waals surface area (Å²) in [5.41, 5.74) is 1.15. The Morgan fingerprint density at radius 1 is 1.19 bits per heavy atom. The summed E-state index contributed by atoms with van der Waals surface area (Å²) in [6.07, 6.45) is -0.841. The minimum absolute atomic E-state index is 0.255. The van der Waals surface area contributed by atoms with Gasteiger partial charge in [-0.25, -0.2) is 4.39 Å². The topological polar surface area (TPSA) is 38.7 Å².